The van der Waals surface area contributed by atoms with E-state index < -0.39 is 14.8 Å². The van der Waals surface area contributed by atoms with E-state index in [0.29, 0.717) is 6.42 Å². The molecular formula is C7H15F3OSi. The van der Waals surface area contributed by atoms with E-state index in [1.165, 1.54) is 6.92 Å². The van der Waals surface area contributed by atoms with Gasteiger partial charge >= 0.3 is 8.99 Å². The van der Waals surface area contributed by atoms with Crippen molar-refractivity contribution in [1.29, 1.82) is 0 Å². The lowest BCUT2D eigenvalue weighted by atomic mass is 10.3. The lowest BCUT2D eigenvalue weighted by molar-refractivity contribution is -0.0751. The van der Waals surface area contributed by atoms with Gasteiger partial charge in [-0.1, -0.05) is 20.3 Å². The number of alkyl halides is 1. The van der Waals surface area contributed by atoms with Gasteiger partial charge in [0.15, 0.2) is 0 Å². The summed E-state index contributed by atoms with van der Waals surface area (Å²) in [7, 11) is -4.73. The topological polar surface area (TPSA) is 9.23 Å². The zero-order chi connectivity index (χ0) is 9.83. The quantitative estimate of drug-likeness (QED) is 0.488. The first-order valence-electron chi connectivity index (χ1n) is 4.10. The third-order valence-corrected chi connectivity index (χ3v) is 3.34. The molecule has 0 aliphatic carbocycles. The second kappa shape index (κ2) is 4.27. The molecule has 0 fully saturated rings. The molecule has 0 amide bonds. The number of hydrogen-bond acceptors (Lipinski definition) is 1. The third kappa shape index (κ3) is 4.77. The molecular weight excluding hydrogens is 185 g/mol. The second-order valence-corrected chi connectivity index (χ2v) is 4.92. The summed E-state index contributed by atoms with van der Waals surface area (Å²) in [6.07, 6.45) is 0.290. The molecule has 12 heavy (non-hydrogen) atoms. The van der Waals surface area contributed by atoms with Crippen LogP contribution in [0, 0.1) is 0 Å². The lowest BCUT2D eigenvalue weighted by Crippen LogP contribution is -2.37. The van der Waals surface area contributed by atoms with E-state index in [0.717, 1.165) is 6.92 Å². The molecule has 0 heterocycles. The average Bonchev–Trinajstić information content (AvgIpc) is 1.85. The van der Waals surface area contributed by atoms with E-state index in [1.54, 1.807) is 6.92 Å². The van der Waals surface area contributed by atoms with Crippen LogP contribution in [0.2, 0.25) is 6.04 Å². The smallest absolute Gasteiger partial charge is 0.334 e. The maximum Gasteiger partial charge on any atom is 0.580 e. The van der Waals surface area contributed by atoms with E-state index in [9.17, 15) is 12.6 Å². The number of hydrogen-bond donors (Lipinski definition) is 0. The van der Waals surface area contributed by atoms with Gasteiger partial charge in [0.25, 0.3) is 0 Å². The highest BCUT2D eigenvalue weighted by Gasteiger charge is 2.44. The van der Waals surface area contributed by atoms with Gasteiger partial charge in [-0.25, -0.2) is 12.6 Å². The molecule has 0 bridgehead atoms. The van der Waals surface area contributed by atoms with Gasteiger partial charge < -0.3 is 4.43 Å². The van der Waals surface area contributed by atoms with Crippen LogP contribution in [0.3, 0.4) is 0 Å². The molecule has 0 radical (unpaired) electrons. The first-order chi connectivity index (χ1) is 5.33. The SMILES string of the molecule is CCC[Si](F)(F)OC(C)(F)CC. The summed E-state index contributed by atoms with van der Waals surface area (Å²) in [6.45, 7) is 4.16. The van der Waals surface area contributed by atoms with Crippen LogP contribution < -0.4 is 0 Å². The fourth-order valence-electron chi connectivity index (χ4n) is 0.726. The van der Waals surface area contributed by atoms with Gasteiger partial charge in [-0.3, -0.25) is 0 Å². The first kappa shape index (κ1) is 12.0. The van der Waals surface area contributed by atoms with Gasteiger partial charge in [0.2, 0.25) is 5.85 Å². The monoisotopic (exact) mass is 200 g/mol. The summed E-state index contributed by atoms with van der Waals surface area (Å²) in [5, 5.41) is 0. The summed E-state index contributed by atoms with van der Waals surface area (Å²) in [6, 6.07) is -0.299. The minimum absolute atomic E-state index is 0.0424. The van der Waals surface area contributed by atoms with Crippen molar-refractivity contribution < 1.29 is 17.0 Å². The van der Waals surface area contributed by atoms with Crippen LogP contribution in [-0.2, 0) is 4.43 Å². The van der Waals surface area contributed by atoms with E-state index >= 15 is 0 Å². The van der Waals surface area contributed by atoms with Crippen molar-refractivity contribution in [3.8, 4) is 0 Å². The van der Waals surface area contributed by atoms with Crippen molar-refractivity contribution in [3.05, 3.63) is 0 Å². The highest BCUT2D eigenvalue weighted by atomic mass is 28.4. The predicted octanol–water partition coefficient (Wildman–Crippen LogP) is 3.39. The van der Waals surface area contributed by atoms with Crippen LogP contribution in [-0.4, -0.2) is 14.8 Å². The Morgan fingerprint density at radius 2 is 1.83 bits per heavy atom. The molecule has 1 unspecified atom stereocenters. The normalized spacial score (nSPS) is 17.5. The number of halogens is 3. The van der Waals surface area contributed by atoms with Gasteiger partial charge in [-0.05, 0) is 6.92 Å². The molecule has 0 aromatic heterocycles. The molecule has 0 aliphatic heterocycles. The Labute approximate surface area is 72.4 Å². The molecule has 0 aromatic rings. The molecule has 0 N–H and O–H groups in total. The van der Waals surface area contributed by atoms with Gasteiger partial charge in [-0.15, -0.1) is 0 Å². The van der Waals surface area contributed by atoms with Crippen LogP contribution in [0.5, 0.6) is 0 Å². The highest BCUT2D eigenvalue weighted by molar-refractivity contribution is 6.59. The molecule has 0 rings (SSSR count). The predicted molar refractivity (Wildman–Crippen MR) is 44.0 cm³/mol. The molecule has 5 heteroatoms. The Morgan fingerprint density at radius 3 is 2.17 bits per heavy atom. The summed E-state index contributed by atoms with van der Waals surface area (Å²) in [5.41, 5.74) is 0. The highest BCUT2D eigenvalue weighted by Crippen LogP contribution is 2.27. The minimum atomic E-state index is -4.73. The minimum Gasteiger partial charge on any atom is -0.334 e. The van der Waals surface area contributed by atoms with Crippen LogP contribution in [0.4, 0.5) is 12.6 Å². The summed E-state index contributed by atoms with van der Waals surface area (Å²) in [5.74, 6) is -2.16. The Hall–Kier alpha value is -0.0331. The van der Waals surface area contributed by atoms with Crippen LogP contribution in [0.25, 0.3) is 0 Å². The van der Waals surface area contributed by atoms with Crippen LogP contribution in [0.1, 0.15) is 33.6 Å². The Morgan fingerprint density at radius 1 is 1.33 bits per heavy atom. The van der Waals surface area contributed by atoms with E-state index in [-0.39, 0.29) is 12.5 Å². The molecule has 1 atom stereocenters. The summed E-state index contributed by atoms with van der Waals surface area (Å²) >= 11 is 0. The standard InChI is InChI=1S/C7H15F3OSi/c1-4-6-12(9,10)11-7(3,8)5-2/h4-6H2,1-3H3. The largest absolute Gasteiger partial charge is 0.580 e. The third-order valence-electron chi connectivity index (χ3n) is 1.53. The van der Waals surface area contributed by atoms with Gasteiger partial charge in [0.05, 0.1) is 0 Å². The molecule has 0 aliphatic rings. The Balaban J connectivity index is 4.04. The van der Waals surface area contributed by atoms with Crippen molar-refractivity contribution in [1.82, 2.24) is 0 Å². The number of rotatable bonds is 5. The lowest BCUT2D eigenvalue weighted by Gasteiger charge is -2.23. The van der Waals surface area contributed by atoms with E-state index in [2.05, 4.69) is 4.43 Å². The molecule has 74 valence electrons. The van der Waals surface area contributed by atoms with Crippen LogP contribution in [0.15, 0.2) is 0 Å². The molecule has 0 spiro atoms. The van der Waals surface area contributed by atoms with E-state index in [4.69, 9.17) is 0 Å². The fourth-order valence-corrected chi connectivity index (χ4v) is 2.18. The van der Waals surface area contributed by atoms with Gasteiger partial charge in [0.1, 0.15) is 0 Å². The average molecular weight is 200 g/mol. The zero-order valence-electron chi connectivity index (χ0n) is 7.66. The van der Waals surface area contributed by atoms with Crippen molar-refractivity contribution in [2.75, 3.05) is 0 Å². The van der Waals surface area contributed by atoms with Crippen LogP contribution >= 0.6 is 0 Å². The summed E-state index contributed by atoms with van der Waals surface area (Å²) < 4.78 is 42.7. The van der Waals surface area contributed by atoms with Gasteiger partial charge in [0, 0.05) is 12.5 Å². The maximum atomic E-state index is 13.0. The fraction of sp³-hybridized carbons (Fsp3) is 1.00. The molecule has 0 aromatic carbocycles. The van der Waals surface area contributed by atoms with E-state index in [1.807, 2.05) is 0 Å². The molecule has 0 saturated heterocycles. The second-order valence-electron chi connectivity index (χ2n) is 2.94. The Kier molecular flexibility index (Phi) is 4.26. The van der Waals surface area contributed by atoms with Gasteiger partial charge in [-0.2, -0.15) is 0 Å². The molecule has 1 nitrogen and oxygen atoms in total. The maximum absolute atomic E-state index is 13.0. The first-order valence-corrected chi connectivity index (χ1v) is 5.97. The Bertz CT molecular complexity index is 139. The van der Waals surface area contributed by atoms with Crippen molar-refractivity contribution in [2.45, 2.75) is 45.5 Å². The summed E-state index contributed by atoms with van der Waals surface area (Å²) in [4.78, 5) is 0. The van der Waals surface area contributed by atoms with Crippen molar-refractivity contribution >= 4 is 8.99 Å². The van der Waals surface area contributed by atoms with Crippen molar-refractivity contribution in [3.63, 3.8) is 0 Å². The van der Waals surface area contributed by atoms with Crippen molar-refractivity contribution in [2.24, 2.45) is 0 Å². The zero-order valence-corrected chi connectivity index (χ0v) is 8.66. The molecule has 0 saturated carbocycles.